The molecule has 190 valence electrons. The molecule has 1 aliphatic heterocycles. The number of nitrogens with one attached hydrogen (secondary N) is 1. The SMILES string of the molecule is CCCCSc1n[n+]2c(c(=O)[nH]1)-c1ccccc1N(C(C)=O)[C@H]2c1ccc(N(CC)CC)cc1OC. The summed E-state index contributed by atoms with van der Waals surface area (Å²) in [6.45, 7) is 9.61. The van der Waals surface area contributed by atoms with Gasteiger partial charge in [0.25, 0.3) is 6.17 Å². The molecule has 2 heterocycles. The van der Waals surface area contributed by atoms with Gasteiger partial charge < -0.3 is 9.64 Å². The van der Waals surface area contributed by atoms with Crippen LogP contribution in [0.2, 0.25) is 0 Å². The standard InChI is InChI=1S/C27H33N5O3S/c1-6-9-16-36-27-28-25(34)24-20-12-10-11-13-22(20)31(18(4)33)26(32(24)29-27)21-15-14-19(17-23(21)35-5)30(7-2)8-3/h10-15,17,26H,6-9,16H2,1-5H3/p+1/t26-/m1/s1. The Bertz CT molecular complexity index is 1300. The van der Waals surface area contributed by atoms with Crippen LogP contribution < -0.4 is 24.8 Å². The molecule has 0 saturated heterocycles. The summed E-state index contributed by atoms with van der Waals surface area (Å²) in [6.07, 6.45) is 1.39. The summed E-state index contributed by atoms with van der Waals surface area (Å²) in [5.74, 6) is 1.33. The lowest BCUT2D eigenvalue weighted by molar-refractivity contribution is -0.763. The van der Waals surface area contributed by atoms with Crippen LogP contribution in [0.3, 0.4) is 0 Å². The summed E-state index contributed by atoms with van der Waals surface area (Å²) in [6, 6.07) is 13.5. The first-order valence-corrected chi connectivity index (χ1v) is 13.4. The topological polar surface area (TPSA) is 82.4 Å². The third-order valence-corrected chi connectivity index (χ3v) is 7.41. The highest BCUT2D eigenvalue weighted by molar-refractivity contribution is 7.99. The molecular weight excluding hydrogens is 474 g/mol. The Morgan fingerprint density at radius 3 is 2.61 bits per heavy atom. The van der Waals surface area contributed by atoms with Crippen molar-refractivity contribution in [3.63, 3.8) is 0 Å². The normalized spacial score (nSPS) is 14.2. The van der Waals surface area contributed by atoms with E-state index in [1.54, 1.807) is 16.7 Å². The van der Waals surface area contributed by atoms with E-state index in [0.29, 0.717) is 27.9 Å². The molecule has 1 N–H and O–H groups in total. The van der Waals surface area contributed by atoms with Gasteiger partial charge in [-0.25, -0.2) is 4.90 Å². The molecule has 9 heteroatoms. The summed E-state index contributed by atoms with van der Waals surface area (Å²) in [4.78, 5) is 33.5. The van der Waals surface area contributed by atoms with E-state index in [9.17, 15) is 9.59 Å². The summed E-state index contributed by atoms with van der Waals surface area (Å²) >= 11 is 1.51. The molecule has 0 saturated carbocycles. The molecule has 1 amide bonds. The number of anilines is 2. The van der Waals surface area contributed by atoms with E-state index in [2.05, 4.69) is 30.7 Å². The van der Waals surface area contributed by atoms with Crippen molar-refractivity contribution in [2.75, 3.05) is 35.8 Å². The first kappa shape index (κ1) is 25.8. The van der Waals surface area contributed by atoms with E-state index in [4.69, 9.17) is 9.84 Å². The fraction of sp³-hybridized carbons (Fsp3) is 0.407. The molecule has 1 aliphatic rings. The minimum Gasteiger partial charge on any atom is -0.496 e. The van der Waals surface area contributed by atoms with Crippen LogP contribution in [0.1, 0.15) is 52.3 Å². The molecule has 0 unspecified atom stereocenters. The number of H-pyrrole nitrogens is 1. The third kappa shape index (κ3) is 4.72. The van der Waals surface area contributed by atoms with Crippen LogP contribution in [0, 0.1) is 0 Å². The van der Waals surface area contributed by atoms with E-state index >= 15 is 0 Å². The number of thioether (sulfide) groups is 1. The Labute approximate surface area is 216 Å². The molecule has 36 heavy (non-hydrogen) atoms. The highest BCUT2D eigenvalue weighted by atomic mass is 32.2. The summed E-state index contributed by atoms with van der Waals surface area (Å²) in [7, 11) is 1.63. The number of nitrogens with zero attached hydrogens (tertiary/aromatic N) is 4. The van der Waals surface area contributed by atoms with Crippen molar-refractivity contribution in [3.05, 3.63) is 58.4 Å². The zero-order valence-corrected chi connectivity index (χ0v) is 22.4. The fourth-order valence-electron chi connectivity index (χ4n) is 4.67. The Morgan fingerprint density at radius 2 is 1.94 bits per heavy atom. The van der Waals surface area contributed by atoms with Crippen LogP contribution in [-0.4, -0.2) is 41.9 Å². The van der Waals surface area contributed by atoms with Gasteiger partial charge in [-0.05, 0) is 49.2 Å². The maximum atomic E-state index is 13.4. The molecule has 0 bridgehead atoms. The number of carbonyl (C=O) groups excluding carboxylic acids is 1. The second-order valence-electron chi connectivity index (χ2n) is 8.63. The van der Waals surface area contributed by atoms with Gasteiger partial charge in [-0.15, -0.1) is 0 Å². The second-order valence-corrected chi connectivity index (χ2v) is 9.72. The molecule has 8 nitrogen and oxygen atoms in total. The van der Waals surface area contributed by atoms with Gasteiger partial charge in [0.05, 0.1) is 23.9 Å². The zero-order valence-electron chi connectivity index (χ0n) is 21.6. The Morgan fingerprint density at radius 1 is 1.19 bits per heavy atom. The van der Waals surface area contributed by atoms with E-state index in [0.717, 1.165) is 42.9 Å². The number of aromatic nitrogens is 3. The van der Waals surface area contributed by atoms with Gasteiger partial charge in [0.15, 0.2) is 0 Å². The summed E-state index contributed by atoms with van der Waals surface area (Å²) in [5.41, 5.74) is 3.31. The van der Waals surface area contributed by atoms with Gasteiger partial charge >= 0.3 is 11.3 Å². The Balaban J connectivity index is 1.97. The highest BCUT2D eigenvalue weighted by Crippen LogP contribution is 2.40. The van der Waals surface area contributed by atoms with Crippen LogP contribution in [0.25, 0.3) is 11.3 Å². The van der Waals surface area contributed by atoms with Gasteiger partial charge in [-0.2, -0.15) is 0 Å². The number of ether oxygens (including phenoxy) is 1. The quantitative estimate of drug-likeness (QED) is 0.262. The highest BCUT2D eigenvalue weighted by Gasteiger charge is 2.46. The van der Waals surface area contributed by atoms with Crippen molar-refractivity contribution in [1.82, 2.24) is 10.1 Å². The molecule has 1 atom stereocenters. The average Bonchev–Trinajstić information content (AvgIpc) is 2.88. The van der Waals surface area contributed by atoms with Crippen LogP contribution in [0.15, 0.2) is 52.4 Å². The predicted molar refractivity (Wildman–Crippen MR) is 144 cm³/mol. The number of para-hydroxylation sites is 1. The first-order chi connectivity index (χ1) is 17.4. The van der Waals surface area contributed by atoms with Crippen molar-refractivity contribution >= 4 is 29.0 Å². The van der Waals surface area contributed by atoms with E-state index in [-0.39, 0.29) is 11.5 Å². The van der Waals surface area contributed by atoms with Crippen molar-refractivity contribution in [2.45, 2.75) is 51.9 Å². The molecule has 0 radical (unpaired) electrons. The lowest BCUT2D eigenvalue weighted by Gasteiger charge is -2.32. The monoisotopic (exact) mass is 508 g/mol. The van der Waals surface area contributed by atoms with Crippen LogP contribution in [-0.2, 0) is 4.79 Å². The molecule has 2 aromatic carbocycles. The maximum absolute atomic E-state index is 13.4. The number of rotatable bonds is 9. The molecule has 3 aromatic rings. The van der Waals surface area contributed by atoms with Gasteiger partial charge in [-0.3, -0.25) is 14.6 Å². The molecule has 0 fully saturated rings. The number of fused-ring (bicyclic) bond motifs is 3. The van der Waals surface area contributed by atoms with Gasteiger partial charge in [0, 0.05) is 42.6 Å². The second kappa shape index (κ2) is 11.2. The van der Waals surface area contributed by atoms with E-state index in [1.807, 2.05) is 42.5 Å². The van der Waals surface area contributed by atoms with Crippen molar-refractivity contribution in [1.29, 1.82) is 0 Å². The fourth-order valence-corrected chi connectivity index (χ4v) is 5.61. The smallest absolute Gasteiger partial charge is 0.325 e. The molecule has 0 aliphatic carbocycles. The Kier molecular flexibility index (Phi) is 7.98. The van der Waals surface area contributed by atoms with Gasteiger partial charge in [0.1, 0.15) is 5.75 Å². The van der Waals surface area contributed by atoms with Crippen LogP contribution >= 0.6 is 11.8 Å². The number of methoxy groups -OCH3 is 1. The maximum Gasteiger partial charge on any atom is 0.325 e. The van der Waals surface area contributed by atoms with Crippen molar-refractivity contribution in [2.24, 2.45) is 0 Å². The van der Waals surface area contributed by atoms with Crippen LogP contribution in [0.5, 0.6) is 5.75 Å². The van der Waals surface area contributed by atoms with Gasteiger partial charge in [0.2, 0.25) is 11.1 Å². The predicted octanol–water partition coefficient (Wildman–Crippen LogP) is 4.38. The van der Waals surface area contributed by atoms with E-state index < -0.39 is 6.17 Å². The number of carbonyl (C=O) groups is 1. The van der Waals surface area contributed by atoms with Crippen molar-refractivity contribution in [3.8, 4) is 17.0 Å². The number of hydrogen-bond acceptors (Lipinski definition) is 6. The molecule has 0 spiro atoms. The van der Waals surface area contributed by atoms with Crippen molar-refractivity contribution < 1.29 is 14.2 Å². The number of aromatic amines is 1. The Hall–Kier alpha value is -3.33. The zero-order chi connectivity index (χ0) is 25.8. The van der Waals surface area contributed by atoms with E-state index in [1.165, 1.54) is 18.7 Å². The minimum atomic E-state index is -0.680. The number of hydrogen-bond donors (Lipinski definition) is 1. The number of amides is 1. The number of unbranched alkanes of at least 4 members (excludes halogenated alkanes) is 1. The third-order valence-electron chi connectivity index (χ3n) is 6.46. The summed E-state index contributed by atoms with van der Waals surface area (Å²) in [5, 5.41) is 5.40. The molecule has 1 aromatic heterocycles. The molecule has 4 rings (SSSR count). The average molecular weight is 509 g/mol. The summed E-state index contributed by atoms with van der Waals surface area (Å²) < 4.78 is 7.54. The van der Waals surface area contributed by atoms with Crippen LogP contribution in [0.4, 0.5) is 11.4 Å². The largest absolute Gasteiger partial charge is 0.496 e. The minimum absolute atomic E-state index is 0.150. The molecular formula is C27H34N5O3S+. The lowest BCUT2D eigenvalue weighted by Crippen LogP contribution is -2.60. The number of benzene rings is 2. The first-order valence-electron chi connectivity index (χ1n) is 12.5. The lowest BCUT2D eigenvalue weighted by atomic mass is 10.0. The van der Waals surface area contributed by atoms with Gasteiger partial charge in [-0.1, -0.05) is 37.2 Å².